The Balaban J connectivity index is 2.06. The number of hydrogen-bond donors (Lipinski definition) is 0. The van der Waals surface area contributed by atoms with Gasteiger partial charge < -0.3 is 0 Å². The van der Waals surface area contributed by atoms with E-state index in [-0.39, 0.29) is 5.54 Å². The number of hydrogen-bond acceptors (Lipinski definition) is 3. The highest BCUT2D eigenvalue weighted by Crippen LogP contribution is 2.30. The van der Waals surface area contributed by atoms with Gasteiger partial charge in [0.15, 0.2) is 0 Å². The molecule has 0 amide bonds. The fourth-order valence-electron chi connectivity index (χ4n) is 3.77. The van der Waals surface area contributed by atoms with Crippen LogP contribution in [-0.4, -0.2) is 47.6 Å². The van der Waals surface area contributed by atoms with Crippen LogP contribution in [-0.2, 0) is 0 Å². The van der Waals surface area contributed by atoms with Crippen molar-refractivity contribution < 1.29 is 0 Å². The molecule has 1 saturated heterocycles. The Kier molecular flexibility index (Phi) is 4.86. The summed E-state index contributed by atoms with van der Waals surface area (Å²) in [5.41, 5.74) is 0.187. The summed E-state index contributed by atoms with van der Waals surface area (Å²) in [6.07, 6.45) is 8.98. The van der Waals surface area contributed by atoms with Crippen molar-refractivity contribution in [1.82, 2.24) is 9.80 Å². The quantitative estimate of drug-likeness (QED) is 0.717. The van der Waals surface area contributed by atoms with E-state index in [1.165, 1.54) is 38.5 Å². The zero-order chi connectivity index (χ0) is 13.9. The van der Waals surface area contributed by atoms with Gasteiger partial charge in [-0.1, -0.05) is 25.7 Å². The normalized spacial score (nSPS) is 30.7. The van der Waals surface area contributed by atoms with E-state index in [4.69, 9.17) is 5.26 Å². The lowest BCUT2D eigenvalue weighted by Crippen LogP contribution is -2.64. The first-order valence-corrected chi connectivity index (χ1v) is 7.88. The molecule has 0 N–H and O–H groups in total. The second kappa shape index (κ2) is 6.24. The van der Waals surface area contributed by atoms with Gasteiger partial charge in [-0.05, 0) is 33.7 Å². The predicted octanol–water partition coefficient (Wildman–Crippen LogP) is 3.02. The fraction of sp³-hybridized carbons (Fsp3) is 0.938. The summed E-state index contributed by atoms with van der Waals surface area (Å²) in [6.45, 7) is 6.87. The molecule has 108 valence electrons. The smallest absolute Gasteiger partial charge is 0.0638 e. The van der Waals surface area contributed by atoms with Crippen LogP contribution in [0, 0.1) is 11.3 Å². The topological polar surface area (TPSA) is 30.3 Å². The number of nitriles is 1. The molecule has 2 rings (SSSR count). The Morgan fingerprint density at radius 1 is 1.16 bits per heavy atom. The monoisotopic (exact) mass is 263 g/mol. The summed E-state index contributed by atoms with van der Waals surface area (Å²) >= 11 is 0. The predicted molar refractivity (Wildman–Crippen MR) is 78.9 cm³/mol. The van der Waals surface area contributed by atoms with Crippen molar-refractivity contribution in [3.63, 3.8) is 0 Å². The van der Waals surface area contributed by atoms with Crippen LogP contribution >= 0.6 is 0 Å². The van der Waals surface area contributed by atoms with Crippen LogP contribution in [0.1, 0.15) is 58.8 Å². The lowest BCUT2D eigenvalue weighted by atomic mass is 9.92. The molecule has 1 aliphatic carbocycles. The first kappa shape index (κ1) is 14.8. The molecule has 0 bridgehead atoms. The van der Waals surface area contributed by atoms with Crippen LogP contribution in [0.3, 0.4) is 0 Å². The summed E-state index contributed by atoms with van der Waals surface area (Å²) in [5, 5.41) is 9.05. The Morgan fingerprint density at radius 2 is 1.79 bits per heavy atom. The molecule has 1 atom stereocenters. The third-order valence-corrected chi connectivity index (χ3v) is 5.21. The van der Waals surface area contributed by atoms with E-state index in [1.54, 1.807) is 0 Å². The highest BCUT2D eigenvalue weighted by atomic mass is 15.3. The van der Waals surface area contributed by atoms with Gasteiger partial charge in [-0.15, -0.1) is 0 Å². The molecule has 1 saturated carbocycles. The zero-order valence-electron chi connectivity index (χ0n) is 12.9. The van der Waals surface area contributed by atoms with E-state index in [1.807, 2.05) is 0 Å². The lowest BCUT2D eigenvalue weighted by Gasteiger charge is -2.52. The maximum atomic E-state index is 9.05. The zero-order valence-corrected chi connectivity index (χ0v) is 12.9. The van der Waals surface area contributed by atoms with E-state index in [9.17, 15) is 0 Å². The molecule has 0 aromatic carbocycles. The maximum absolute atomic E-state index is 9.05. The molecule has 1 heterocycles. The summed E-state index contributed by atoms with van der Waals surface area (Å²) in [7, 11) is 2.19. The van der Waals surface area contributed by atoms with Gasteiger partial charge in [0.05, 0.1) is 12.5 Å². The molecule has 3 nitrogen and oxygen atoms in total. The van der Waals surface area contributed by atoms with Crippen molar-refractivity contribution in [2.75, 3.05) is 20.1 Å². The average Bonchev–Trinajstić information content (AvgIpc) is 2.63. The number of likely N-dealkylation sites (N-methyl/N-ethyl adjacent to an activating group) is 1. The molecular weight excluding hydrogens is 234 g/mol. The molecule has 19 heavy (non-hydrogen) atoms. The highest BCUT2D eigenvalue weighted by Gasteiger charge is 2.39. The summed E-state index contributed by atoms with van der Waals surface area (Å²) < 4.78 is 0. The van der Waals surface area contributed by atoms with Gasteiger partial charge in [-0.2, -0.15) is 5.26 Å². The van der Waals surface area contributed by atoms with Crippen molar-refractivity contribution in [1.29, 1.82) is 5.26 Å². The second-order valence-electron chi connectivity index (χ2n) is 7.01. The Morgan fingerprint density at radius 3 is 2.37 bits per heavy atom. The van der Waals surface area contributed by atoms with Crippen LogP contribution in [0.15, 0.2) is 0 Å². The van der Waals surface area contributed by atoms with Crippen LogP contribution in [0.5, 0.6) is 0 Å². The van der Waals surface area contributed by atoms with Gasteiger partial charge in [0.1, 0.15) is 0 Å². The SMILES string of the molecule is CN1C(CC#N)CN(C2CCCCCC2)CC1(C)C. The summed E-state index contributed by atoms with van der Waals surface area (Å²) in [6, 6.07) is 3.53. The van der Waals surface area contributed by atoms with Gasteiger partial charge >= 0.3 is 0 Å². The molecule has 0 aromatic rings. The van der Waals surface area contributed by atoms with E-state index < -0.39 is 0 Å². The summed E-state index contributed by atoms with van der Waals surface area (Å²) in [4.78, 5) is 5.11. The van der Waals surface area contributed by atoms with Crippen LogP contribution in [0.4, 0.5) is 0 Å². The number of piperazine rings is 1. The minimum Gasteiger partial charge on any atom is -0.297 e. The van der Waals surface area contributed by atoms with Gasteiger partial charge in [0, 0.05) is 30.7 Å². The molecule has 2 aliphatic rings. The van der Waals surface area contributed by atoms with Gasteiger partial charge in [-0.25, -0.2) is 0 Å². The lowest BCUT2D eigenvalue weighted by molar-refractivity contribution is -0.0258. The third-order valence-electron chi connectivity index (χ3n) is 5.21. The highest BCUT2D eigenvalue weighted by molar-refractivity contribution is 4.98. The van der Waals surface area contributed by atoms with Crippen molar-refractivity contribution in [2.24, 2.45) is 0 Å². The van der Waals surface area contributed by atoms with Crippen molar-refractivity contribution >= 4 is 0 Å². The molecule has 3 heteroatoms. The average molecular weight is 263 g/mol. The molecule has 2 fully saturated rings. The number of nitrogens with zero attached hydrogens (tertiary/aromatic N) is 3. The maximum Gasteiger partial charge on any atom is 0.0638 e. The first-order valence-electron chi connectivity index (χ1n) is 7.88. The number of rotatable bonds is 2. The van der Waals surface area contributed by atoms with Gasteiger partial charge in [0.25, 0.3) is 0 Å². The van der Waals surface area contributed by atoms with E-state index >= 15 is 0 Å². The van der Waals surface area contributed by atoms with Crippen molar-refractivity contribution in [2.45, 2.75) is 76.4 Å². The van der Waals surface area contributed by atoms with Crippen LogP contribution in [0.25, 0.3) is 0 Å². The molecule has 1 unspecified atom stereocenters. The minimum atomic E-state index is 0.187. The van der Waals surface area contributed by atoms with E-state index in [0.717, 1.165) is 19.1 Å². The molecule has 0 spiro atoms. The van der Waals surface area contributed by atoms with Gasteiger partial charge in [-0.3, -0.25) is 9.80 Å². The minimum absolute atomic E-state index is 0.187. The van der Waals surface area contributed by atoms with Crippen molar-refractivity contribution in [3.8, 4) is 6.07 Å². The third kappa shape index (κ3) is 3.49. The Bertz CT molecular complexity index is 323. The second-order valence-corrected chi connectivity index (χ2v) is 7.01. The molecule has 1 aliphatic heterocycles. The first-order chi connectivity index (χ1) is 9.04. The van der Waals surface area contributed by atoms with Crippen LogP contribution in [0.2, 0.25) is 0 Å². The molecule has 0 radical (unpaired) electrons. The van der Waals surface area contributed by atoms with Crippen molar-refractivity contribution in [3.05, 3.63) is 0 Å². The van der Waals surface area contributed by atoms with E-state index in [0.29, 0.717) is 12.5 Å². The molecular formula is C16H29N3. The van der Waals surface area contributed by atoms with E-state index in [2.05, 4.69) is 36.8 Å². The fourth-order valence-corrected chi connectivity index (χ4v) is 3.77. The summed E-state index contributed by atoms with van der Waals surface area (Å²) in [5.74, 6) is 0. The largest absolute Gasteiger partial charge is 0.297 e. The van der Waals surface area contributed by atoms with Crippen LogP contribution < -0.4 is 0 Å². The Labute approximate surface area is 118 Å². The standard InChI is InChI=1S/C16H29N3/c1-16(2)13-19(12-15(10-11-17)18(16)3)14-8-6-4-5-7-9-14/h14-15H,4-10,12-13H2,1-3H3. The van der Waals surface area contributed by atoms with Gasteiger partial charge in [0.2, 0.25) is 0 Å². The molecule has 0 aromatic heterocycles. The Hall–Kier alpha value is -0.590.